The predicted octanol–water partition coefficient (Wildman–Crippen LogP) is 2.22. The quantitative estimate of drug-likeness (QED) is 0.820. The molecule has 21 heavy (non-hydrogen) atoms. The van der Waals surface area contributed by atoms with Crippen molar-refractivity contribution in [3.05, 3.63) is 22.2 Å². The first-order valence-electron chi connectivity index (χ1n) is 7.13. The molecule has 0 saturated carbocycles. The van der Waals surface area contributed by atoms with Gasteiger partial charge in [0.1, 0.15) is 0 Å². The fourth-order valence-corrected chi connectivity index (χ4v) is 2.93. The van der Waals surface area contributed by atoms with E-state index in [1.165, 1.54) is 0 Å². The van der Waals surface area contributed by atoms with E-state index >= 15 is 0 Å². The smallest absolute Gasteiger partial charge is 0.220 e. The fraction of sp³-hybridized carbons (Fsp3) is 0.533. The molecular formula is C15H21BrN2O3. The lowest BCUT2D eigenvalue weighted by molar-refractivity contribution is -0.122. The molecule has 1 aliphatic heterocycles. The number of carbonyl (C=O) groups excluding carboxylic acids is 1. The van der Waals surface area contributed by atoms with Crippen LogP contribution in [0, 0.1) is 0 Å². The van der Waals surface area contributed by atoms with Gasteiger partial charge in [-0.05, 0) is 47.0 Å². The molecule has 1 atom stereocenters. The van der Waals surface area contributed by atoms with Crippen LogP contribution in [0.25, 0.3) is 0 Å². The Morgan fingerprint density at radius 1 is 1.48 bits per heavy atom. The Hall–Kier alpha value is -1.27. The van der Waals surface area contributed by atoms with Crippen LogP contribution in [0.5, 0.6) is 11.5 Å². The van der Waals surface area contributed by atoms with Gasteiger partial charge in [0, 0.05) is 25.6 Å². The van der Waals surface area contributed by atoms with Crippen molar-refractivity contribution in [3.8, 4) is 11.5 Å². The molecule has 0 radical (unpaired) electrons. The third-order valence-electron chi connectivity index (χ3n) is 3.44. The topological polar surface area (TPSA) is 59.6 Å². The summed E-state index contributed by atoms with van der Waals surface area (Å²) in [5.74, 6) is 1.59. The molecule has 5 nitrogen and oxygen atoms in total. The number of amides is 1. The van der Waals surface area contributed by atoms with Crippen molar-refractivity contribution in [3.63, 3.8) is 0 Å². The maximum atomic E-state index is 11.1. The minimum atomic E-state index is 0.138. The van der Waals surface area contributed by atoms with Crippen molar-refractivity contribution >= 4 is 21.8 Å². The summed E-state index contributed by atoms with van der Waals surface area (Å²) in [5, 5.41) is 6.33. The number of benzene rings is 1. The first-order valence-corrected chi connectivity index (χ1v) is 7.92. The Labute approximate surface area is 133 Å². The maximum Gasteiger partial charge on any atom is 0.220 e. The van der Waals surface area contributed by atoms with Crippen molar-refractivity contribution in [2.45, 2.75) is 32.4 Å². The SMILES string of the molecule is CCOc1c(Br)cc(CNC2CCC(=O)NC2)cc1OC. The number of piperidine rings is 1. The Bertz CT molecular complexity index is 498. The highest BCUT2D eigenvalue weighted by atomic mass is 79.9. The van der Waals surface area contributed by atoms with Gasteiger partial charge in [-0.1, -0.05) is 0 Å². The summed E-state index contributed by atoms with van der Waals surface area (Å²) in [7, 11) is 1.64. The third kappa shape index (κ3) is 4.35. The molecule has 116 valence electrons. The zero-order valence-corrected chi connectivity index (χ0v) is 14.0. The lowest BCUT2D eigenvalue weighted by Gasteiger charge is -2.24. The van der Waals surface area contributed by atoms with Gasteiger partial charge in [-0.3, -0.25) is 4.79 Å². The number of hydrogen-bond donors (Lipinski definition) is 2. The summed E-state index contributed by atoms with van der Waals surface area (Å²) in [6, 6.07) is 4.32. The maximum absolute atomic E-state index is 11.1. The summed E-state index contributed by atoms with van der Waals surface area (Å²) in [6.45, 7) is 3.95. The van der Waals surface area contributed by atoms with Crippen LogP contribution < -0.4 is 20.1 Å². The molecule has 1 aromatic rings. The van der Waals surface area contributed by atoms with Gasteiger partial charge in [-0.15, -0.1) is 0 Å². The van der Waals surface area contributed by atoms with E-state index in [2.05, 4.69) is 26.6 Å². The summed E-state index contributed by atoms with van der Waals surface area (Å²) in [5.41, 5.74) is 1.11. The van der Waals surface area contributed by atoms with E-state index in [0.29, 0.717) is 25.6 Å². The highest BCUT2D eigenvalue weighted by molar-refractivity contribution is 9.10. The minimum Gasteiger partial charge on any atom is -0.493 e. The number of ether oxygens (including phenoxy) is 2. The largest absolute Gasteiger partial charge is 0.493 e. The van der Waals surface area contributed by atoms with Gasteiger partial charge in [0.2, 0.25) is 5.91 Å². The van der Waals surface area contributed by atoms with Gasteiger partial charge in [0.25, 0.3) is 0 Å². The van der Waals surface area contributed by atoms with Crippen molar-refractivity contribution in [1.29, 1.82) is 0 Å². The lowest BCUT2D eigenvalue weighted by atomic mass is 10.1. The standard InChI is InChI=1S/C15H21BrN2O3/c1-3-21-15-12(16)6-10(7-13(15)20-2)8-17-11-4-5-14(19)18-9-11/h6-7,11,17H,3-5,8-9H2,1-2H3,(H,18,19). The number of carbonyl (C=O) groups is 1. The molecule has 0 aromatic heterocycles. The van der Waals surface area contributed by atoms with Crippen LogP contribution in [0.4, 0.5) is 0 Å². The van der Waals surface area contributed by atoms with Gasteiger partial charge < -0.3 is 20.1 Å². The van der Waals surface area contributed by atoms with Crippen LogP contribution in [-0.4, -0.2) is 32.2 Å². The Balaban J connectivity index is 2.00. The van der Waals surface area contributed by atoms with Gasteiger partial charge in [0.15, 0.2) is 11.5 Å². The van der Waals surface area contributed by atoms with Gasteiger partial charge in [-0.25, -0.2) is 0 Å². The zero-order valence-electron chi connectivity index (χ0n) is 12.4. The molecule has 1 amide bonds. The van der Waals surface area contributed by atoms with Crippen molar-refractivity contribution in [2.75, 3.05) is 20.3 Å². The Kier molecular flexibility index (Phi) is 5.87. The minimum absolute atomic E-state index is 0.138. The summed E-state index contributed by atoms with van der Waals surface area (Å²) < 4.78 is 11.9. The molecule has 0 spiro atoms. The van der Waals surface area contributed by atoms with Crippen LogP contribution in [0.2, 0.25) is 0 Å². The van der Waals surface area contributed by atoms with Crippen molar-refractivity contribution in [2.24, 2.45) is 0 Å². The van der Waals surface area contributed by atoms with E-state index in [0.717, 1.165) is 34.5 Å². The second kappa shape index (κ2) is 7.66. The second-order valence-corrected chi connectivity index (χ2v) is 5.82. The number of hydrogen-bond acceptors (Lipinski definition) is 4. The van der Waals surface area contributed by atoms with Crippen molar-refractivity contribution in [1.82, 2.24) is 10.6 Å². The highest BCUT2D eigenvalue weighted by Crippen LogP contribution is 2.36. The second-order valence-electron chi connectivity index (χ2n) is 4.96. The van der Waals surface area contributed by atoms with E-state index in [-0.39, 0.29) is 5.91 Å². The third-order valence-corrected chi connectivity index (χ3v) is 4.03. The average molecular weight is 357 g/mol. The molecule has 1 heterocycles. The molecule has 6 heteroatoms. The number of methoxy groups -OCH3 is 1. The van der Waals surface area contributed by atoms with Crippen LogP contribution in [0.1, 0.15) is 25.3 Å². The summed E-state index contributed by atoms with van der Waals surface area (Å²) >= 11 is 3.52. The van der Waals surface area contributed by atoms with E-state index in [1.54, 1.807) is 7.11 Å². The lowest BCUT2D eigenvalue weighted by Crippen LogP contribution is -2.45. The van der Waals surface area contributed by atoms with E-state index in [1.807, 2.05) is 19.1 Å². The van der Waals surface area contributed by atoms with Gasteiger partial charge in [-0.2, -0.15) is 0 Å². The highest BCUT2D eigenvalue weighted by Gasteiger charge is 2.18. The molecular weight excluding hydrogens is 336 g/mol. The molecule has 1 aromatic carbocycles. The molecule has 0 bridgehead atoms. The van der Waals surface area contributed by atoms with E-state index < -0.39 is 0 Å². The molecule has 2 N–H and O–H groups in total. The molecule has 1 unspecified atom stereocenters. The van der Waals surface area contributed by atoms with Gasteiger partial charge in [0.05, 0.1) is 18.2 Å². The predicted molar refractivity (Wildman–Crippen MR) is 84.7 cm³/mol. The monoisotopic (exact) mass is 356 g/mol. The first-order chi connectivity index (χ1) is 10.1. The number of rotatable bonds is 6. The Morgan fingerprint density at radius 2 is 2.29 bits per heavy atom. The zero-order chi connectivity index (χ0) is 15.2. The molecule has 1 aliphatic rings. The Morgan fingerprint density at radius 3 is 2.90 bits per heavy atom. The van der Waals surface area contributed by atoms with Gasteiger partial charge >= 0.3 is 0 Å². The summed E-state index contributed by atoms with van der Waals surface area (Å²) in [6.07, 6.45) is 1.47. The molecule has 2 rings (SSSR count). The van der Waals surface area contributed by atoms with Crippen LogP contribution >= 0.6 is 15.9 Å². The van der Waals surface area contributed by atoms with Crippen LogP contribution in [0.3, 0.4) is 0 Å². The van der Waals surface area contributed by atoms with E-state index in [4.69, 9.17) is 9.47 Å². The molecule has 0 aliphatic carbocycles. The molecule has 1 saturated heterocycles. The first kappa shape index (κ1) is 16.1. The normalized spacial score (nSPS) is 18.2. The van der Waals surface area contributed by atoms with Crippen LogP contribution in [-0.2, 0) is 11.3 Å². The number of halogens is 1. The fourth-order valence-electron chi connectivity index (χ4n) is 2.33. The van der Waals surface area contributed by atoms with Crippen molar-refractivity contribution < 1.29 is 14.3 Å². The molecule has 1 fully saturated rings. The summed E-state index contributed by atoms with van der Waals surface area (Å²) in [4.78, 5) is 11.1. The van der Waals surface area contributed by atoms with E-state index in [9.17, 15) is 4.79 Å². The van der Waals surface area contributed by atoms with Crippen LogP contribution in [0.15, 0.2) is 16.6 Å². The average Bonchev–Trinajstić information content (AvgIpc) is 2.49. The number of nitrogens with one attached hydrogen (secondary N) is 2.